The first kappa shape index (κ1) is 15.1. The molecule has 0 amide bonds. The zero-order valence-electron chi connectivity index (χ0n) is 11.5. The predicted molar refractivity (Wildman–Crippen MR) is 71.3 cm³/mol. The molecule has 0 fully saturated rings. The van der Waals surface area contributed by atoms with Crippen molar-refractivity contribution in [3.63, 3.8) is 0 Å². The zero-order valence-corrected chi connectivity index (χ0v) is 11.5. The van der Waals surface area contributed by atoms with Crippen LogP contribution in [0.25, 0.3) is 0 Å². The van der Waals surface area contributed by atoms with Gasteiger partial charge in [0, 0.05) is 11.6 Å². The van der Waals surface area contributed by atoms with Crippen LogP contribution in [0.1, 0.15) is 56.7 Å². The lowest BCUT2D eigenvalue weighted by atomic mass is 9.86. The van der Waals surface area contributed by atoms with Crippen molar-refractivity contribution >= 4 is 0 Å². The summed E-state index contributed by atoms with van der Waals surface area (Å²) in [6.45, 7) is 5.73. The van der Waals surface area contributed by atoms with Gasteiger partial charge in [0.2, 0.25) is 0 Å². The highest BCUT2D eigenvalue weighted by molar-refractivity contribution is 5.28. The lowest BCUT2D eigenvalue weighted by Gasteiger charge is -2.24. The molecule has 0 bridgehead atoms. The second kappa shape index (κ2) is 6.83. The first-order valence-corrected chi connectivity index (χ1v) is 6.72. The van der Waals surface area contributed by atoms with Crippen LogP contribution in [0.2, 0.25) is 0 Å². The maximum absolute atomic E-state index is 13.9. The van der Waals surface area contributed by atoms with E-state index in [2.05, 4.69) is 13.8 Å². The van der Waals surface area contributed by atoms with Crippen LogP contribution in [-0.4, -0.2) is 0 Å². The molecule has 1 aromatic carbocycles. The maximum Gasteiger partial charge on any atom is 0.163 e. The van der Waals surface area contributed by atoms with Gasteiger partial charge in [-0.25, -0.2) is 8.78 Å². The third-order valence-corrected chi connectivity index (χ3v) is 3.49. The molecule has 0 saturated carbocycles. The number of hydrogen-bond donors (Lipinski definition) is 1. The summed E-state index contributed by atoms with van der Waals surface area (Å²) in [6.07, 6.45) is 3.91. The van der Waals surface area contributed by atoms with Gasteiger partial charge in [-0.1, -0.05) is 38.8 Å². The van der Waals surface area contributed by atoms with Gasteiger partial charge in [0.25, 0.3) is 0 Å². The SMILES string of the molecule is CCCC(CCC)C(N)c1ccc(C)c(F)c1F. The Kier molecular flexibility index (Phi) is 5.73. The standard InChI is InChI=1S/C15H23F2N/c1-4-6-11(7-5-2)15(18)12-9-8-10(3)13(16)14(12)17/h8-9,11,15H,4-7,18H2,1-3H3. The van der Waals surface area contributed by atoms with E-state index in [4.69, 9.17) is 5.73 Å². The molecule has 0 spiro atoms. The van der Waals surface area contributed by atoms with E-state index in [1.165, 1.54) is 0 Å². The molecule has 0 aliphatic rings. The monoisotopic (exact) mass is 255 g/mol. The molecule has 1 nitrogen and oxygen atoms in total. The summed E-state index contributed by atoms with van der Waals surface area (Å²) in [5.74, 6) is -1.33. The van der Waals surface area contributed by atoms with E-state index >= 15 is 0 Å². The van der Waals surface area contributed by atoms with E-state index in [9.17, 15) is 8.78 Å². The summed E-state index contributed by atoms with van der Waals surface area (Å²) in [5, 5.41) is 0. The summed E-state index contributed by atoms with van der Waals surface area (Å²) >= 11 is 0. The number of aryl methyl sites for hydroxylation is 1. The van der Waals surface area contributed by atoms with Crippen molar-refractivity contribution in [2.45, 2.75) is 52.5 Å². The van der Waals surface area contributed by atoms with Gasteiger partial charge in [-0.05, 0) is 31.2 Å². The molecule has 0 radical (unpaired) electrons. The smallest absolute Gasteiger partial charge is 0.163 e. The Labute approximate surface area is 108 Å². The number of halogens is 2. The Hall–Kier alpha value is -0.960. The van der Waals surface area contributed by atoms with Crippen molar-refractivity contribution in [2.24, 2.45) is 11.7 Å². The molecular formula is C15H23F2N. The van der Waals surface area contributed by atoms with Crippen LogP contribution in [0.15, 0.2) is 12.1 Å². The fourth-order valence-electron chi connectivity index (χ4n) is 2.42. The quantitative estimate of drug-likeness (QED) is 0.796. The predicted octanol–water partition coefficient (Wildman–Crippen LogP) is 4.49. The van der Waals surface area contributed by atoms with Crippen LogP contribution in [0.3, 0.4) is 0 Å². The normalized spacial score (nSPS) is 13.1. The van der Waals surface area contributed by atoms with Crippen LogP contribution in [0.5, 0.6) is 0 Å². The molecule has 0 aliphatic carbocycles. The number of rotatable bonds is 6. The molecule has 0 aliphatic heterocycles. The van der Waals surface area contributed by atoms with E-state index in [0.717, 1.165) is 25.7 Å². The Bertz CT molecular complexity index is 384. The van der Waals surface area contributed by atoms with Crippen molar-refractivity contribution in [1.82, 2.24) is 0 Å². The molecule has 2 N–H and O–H groups in total. The third kappa shape index (κ3) is 3.29. The molecule has 102 valence electrons. The molecule has 0 saturated heterocycles. The molecule has 0 aromatic heterocycles. The Morgan fingerprint density at radius 3 is 2.11 bits per heavy atom. The fourth-order valence-corrected chi connectivity index (χ4v) is 2.42. The van der Waals surface area contributed by atoms with E-state index in [1.54, 1.807) is 19.1 Å². The summed E-state index contributed by atoms with van der Waals surface area (Å²) in [5.41, 5.74) is 6.76. The molecule has 1 atom stereocenters. The third-order valence-electron chi connectivity index (χ3n) is 3.49. The summed E-state index contributed by atoms with van der Waals surface area (Å²) < 4.78 is 27.5. The average Bonchev–Trinajstić information content (AvgIpc) is 2.35. The Balaban J connectivity index is 3.00. The van der Waals surface area contributed by atoms with E-state index in [-0.39, 0.29) is 5.92 Å². The van der Waals surface area contributed by atoms with Crippen LogP contribution >= 0.6 is 0 Å². The lowest BCUT2D eigenvalue weighted by molar-refractivity contribution is 0.355. The minimum Gasteiger partial charge on any atom is -0.324 e. The van der Waals surface area contributed by atoms with Gasteiger partial charge in [0.1, 0.15) is 0 Å². The van der Waals surface area contributed by atoms with Crippen LogP contribution in [-0.2, 0) is 0 Å². The topological polar surface area (TPSA) is 26.0 Å². The van der Waals surface area contributed by atoms with Gasteiger partial charge in [0.15, 0.2) is 11.6 Å². The van der Waals surface area contributed by atoms with Gasteiger partial charge < -0.3 is 5.73 Å². The van der Waals surface area contributed by atoms with Gasteiger partial charge in [0.05, 0.1) is 0 Å². The van der Waals surface area contributed by atoms with Crippen molar-refractivity contribution < 1.29 is 8.78 Å². The average molecular weight is 255 g/mol. The second-order valence-corrected chi connectivity index (χ2v) is 4.96. The summed E-state index contributed by atoms with van der Waals surface area (Å²) in [6, 6.07) is 2.80. The van der Waals surface area contributed by atoms with E-state index in [1.807, 2.05) is 0 Å². The minimum absolute atomic E-state index is 0.219. The maximum atomic E-state index is 13.9. The highest BCUT2D eigenvalue weighted by atomic mass is 19.2. The zero-order chi connectivity index (χ0) is 13.7. The summed E-state index contributed by atoms with van der Waals surface area (Å²) in [4.78, 5) is 0. The molecule has 1 rings (SSSR count). The van der Waals surface area contributed by atoms with Crippen LogP contribution in [0.4, 0.5) is 8.78 Å². The molecule has 1 aromatic rings. The largest absolute Gasteiger partial charge is 0.324 e. The van der Waals surface area contributed by atoms with Gasteiger partial charge >= 0.3 is 0 Å². The highest BCUT2D eigenvalue weighted by Gasteiger charge is 2.23. The number of nitrogens with two attached hydrogens (primary N) is 1. The van der Waals surface area contributed by atoms with Crippen molar-refractivity contribution in [1.29, 1.82) is 0 Å². The summed E-state index contributed by atoms with van der Waals surface area (Å²) in [7, 11) is 0. The van der Waals surface area contributed by atoms with Gasteiger partial charge in [-0.3, -0.25) is 0 Å². The molecular weight excluding hydrogens is 232 g/mol. The van der Waals surface area contributed by atoms with E-state index in [0.29, 0.717) is 11.1 Å². The van der Waals surface area contributed by atoms with Crippen molar-refractivity contribution in [3.8, 4) is 0 Å². The highest BCUT2D eigenvalue weighted by Crippen LogP contribution is 2.30. The second-order valence-electron chi connectivity index (χ2n) is 4.96. The molecule has 0 heterocycles. The van der Waals surface area contributed by atoms with Gasteiger partial charge in [-0.2, -0.15) is 0 Å². The number of benzene rings is 1. The molecule has 1 unspecified atom stereocenters. The fraction of sp³-hybridized carbons (Fsp3) is 0.600. The van der Waals surface area contributed by atoms with Gasteiger partial charge in [-0.15, -0.1) is 0 Å². The van der Waals surface area contributed by atoms with Crippen LogP contribution < -0.4 is 5.73 Å². The minimum atomic E-state index is -0.778. The molecule has 18 heavy (non-hydrogen) atoms. The van der Waals surface area contributed by atoms with Crippen LogP contribution in [0, 0.1) is 24.5 Å². The Morgan fingerprint density at radius 2 is 1.61 bits per heavy atom. The molecule has 3 heteroatoms. The number of hydrogen-bond acceptors (Lipinski definition) is 1. The first-order chi connectivity index (χ1) is 8.52. The van der Waals surface area contributed by atoms with Crippen molar-refractivity contribution in [2.75, 3.05) is 0 Å². The van der Waals surface area contributed by atoms with E-state index < -0.39 is 17.7 Å². The Morgan fingerprint density at radius 1 is 1.06 bits per heavy atom. The van der Waals surface area contributed by atoms with Crippen molar-refractivity contribution in [3.05, 3.63) is 34.9 Å². The first-order valence-electron chi connectivity index (χ1n) is 6.72. The lowest BCUT2D eigenvalue weighted by Crippen LogP contribution is -2.23.